The third-order valence-electron chi connectivity index (χ3n) is 4.68. The summed E-state index contributed by atoms with van der Waals surface area (Å²) in [7, 11) is 0. The summed E-state index contributed by atoms with van der Waals surface area (Å²) in [5.41, 5.74) is 0.116. The van der Waals surface area contributed by atoms with Gasteiger partial charge in [-0.05, 0) is 38.1 Å². The maximum atomic E-state index is 6.47. The monoisotopic (exact) mass is 269 g/mol. The molecule has 1 saturated heterocycles. The van der Waals surface area contributed by atoms with Crippen LogP contribution in [0.1, 0.15) is 58.3 Å². The van der Waals surface area contributed by atoms with Crippen molar-refractivity contribution in [2.75, 3.05) is 32.9 Å². The van der Waals surface area contributed by atoms with Crippen molar-refractivity contribution in [1.82, 2.24) is 5.32 Å². The van der Waals surface area contributed by atoms with E-state index in [2.05, 4.69) is 12.2 Å². The van der Waals surface area contributed by atoms with Crippen LogP contribution in [-0.4, -0.2) is 38.5 Å². The van der Waals surface area contributed by atoms with Crippen LogP contribution in [0.3, 0.4) is 0 Å². The van der Waals surface area contributed by atoms with Gasteiger partial charge in [-0.1, -0.05) is 32.6 Å². The lowest BCUT2D eigenvalue weighted by atomic mass is 9.93. The minimum Gasteiger partial charge on any atom is -0.381 e. The van der Waals surface area contributed by atoms with Crippen LogP contribution in [0.5, 0.6) is 0 Å². The van der Waals surface area contributed by atoms with Crippen molar-refractivity contribution in [1.29, 1.82) is 0 Å². The van der Waals surface area contributed by atoms with Crippen molar-refractivity contribution in [2.24, 2.45) is 5.92 Å². The molecule has 0 aromatic heterocycles. The molecule has 112 valence electrons. The molecule has 2 fully saturated rings. The summed E-state index contributed by atoms with van der Waals surface area (Å²) in [6.07, 6.45) is 10.3. The molecule has 0 unspecified atom stereocenters. The second-order valence-corrected chi connectivity index (χ2v) is 6.24. The van der Waals surface area contributed by atoms with E-state index < -0.39 is 0 Å². The number of likely N-dealkylation sites (N-methyl/N-ethyl adjacent to an activating group) is 1. The molecule has 0 radical (unpaired) electrons. The van der Waals surface area contributed by atoms with Gasteiger partial charge in [0.05, 0.1) is 12.2 Å². The highest BCUT2D eigenvalue weighted by molar-refractivity contribution is 4.86. The SMILES string of the molecule is CCNCC1(OCC2CCOCC2)CCCCCC1. The topological polar surface area (TPSA) is 30.5 Å². The van der Waals surface area contributed by atoms with Gasteiger partial charge in [0.25, 0.3) is 0 Å². The Bertz CT molecular complexity index is 231. The first-order valence-electron chi connectivity index (χ1n) is 8.27. The average Bonchev–Trinajstić information content (AvgIpc) is 2.70. The van der Waals surface area contributed by atoms with E-state index in [4.69, 9.17) is 9.47 Å². The van der Waals surface area contributed by atoms with Gasteiger partial charge in [-0.15, -0.1) is 0 Å². The minimum absolute atomic E-state index is 0.116. The largest absolute Gasteiger partial charge is 0.381 e. The second kappa shape index (κ2) is 8.23. The first-order valence-corrected chi connectivity index (χ1v) is 8.27. The van der Waals surface area contributed by atoms with Crippen molar-refractivity contribution in [2.45, 2.75) is 63.9 Å². The number of rotatable bonds is 6. The average molecular weight is 269 g/mol. The fraction of sp³-hybridized carbons (Fsp3) is 1.00. The highest BCUT2D eigenvalue weighted by atomic mass is 16.5. The molecular weight excluding hydrogens is 238 g/mol. The van der Waals surface area contributed by atoms with E-state index in [0.717, 1.165) is 38.8 Å². The van der Waals surface area contributed by atoms with E-state index in [1.54, 1.807) is 0 Å². The van der Waals surface area contributed by atoms with Crippen molar-refractivity contribution in [3.63, 3.8) is 0 Å². The summed E-state index contributed by atoms with van der Waals surface area (Å²) < 4.78 is 11.9. The van der Waals surface area contributed by atoms with E-state index in [-0.39, 0.29) is 5.60 Å². The molecule has 1 aliphatic carbocycles. The normalized spacial score (nSPS) is 25.1. The molecule has 0 spiro atoms. The van der Waals surface area contributed by atoms with E-state index in [0.29, 0.717) is 0 Å². The standard InChI is InChI=1S/C16H31NO2/c1-2-17-14-16(9-5-3-4-6-10-16)19-13-15-7-11-18-12-8-15/h15,17H,2-14H2,1H3. The van der Waals surface area contributed by atoms with Gasteiger partial charge in [-0.2, -0.15) is 0 Å². The van der Waals surface area contributed by atoms with Crippen LogP contribution in [0.2, 0.25) is 0 Å². The predicted octanol–water partition coefficient (Wildman–Crippen LogP) is 3.13. The highest BCUT2D eigenvalue weighted by Crippen LogP contribution is 2.31. The molecule has 3 nitrogen and oxygen atoms in total. The first kappa shape index (κ1) is 15.3. The van der Waals surface area contributed by atoms with Gasteiger partial charge < -0.3 is 14.8 Å². The van der Waals surface area contributed by atoms with Crippen LogP contribution >= 0.6 is 0 Å². The van der Waals surface area contributed by atoms with Gasteiger partial charge >= 0.3 is 0 Å². The Morgan fingerprint density at radius 3 is 2.42 bits per heavy atom. The molecule has 19 heavy (non-hydrogen) atoms. The lowest BCUT2D eigenvalue weighted by molar-refractivity contribution is -0.0823. The summed E-state index contributed by atoms with van der Waals surface area (Å²) in [4.78, 5) is 0. The number of hydrogen-bond acceptors (Lipinski definition) is 3. The summed E-state index contributed by atoms with van der Waals surface area (Å²) >= 11 is 0. The molecule has 1 heterocycles. The zero-order valence-corrected chi connectivity index (χ0v) is 12.6. The molecule has 1 N–H and O–H groups in total. The fourth-order valence-electron chi connectivity index (χ4n) is 3.31. The number of ether oxygens (including phenoxy) is 2. The van der Waals surface area contributed by atoms with E-state index in [1.165, 1.54) is 51.4 Å². The van der Waals surface area contributed by atoms with Crippen LogP contribution in [0.15, 0.2) is 0 Å². The molecule has 0 aromatic rings. The third-order valence-corrected chi connectivity index (χ3v) is 4.68. The predicted molar refractivity (Wildman–Crippen MR) is 78.5 cm³/mol. The van der Waals surface area contributed by atoms with Crippen LogP contribution in [0.25, 0.3) is 0 Å². The van der Waals surface area contributed by atoms with E-state index >= 15 is 0 Å². The summed E-state index contributed by atoms with van der Waals surface area (Å²) in [6, 6.07) is 0. The maximum absolute atomic E-state index is 6.47. The van der Waals surface area contributed by atoms with Crippen LogP contribution < -0.4 is 5.32 Å². The van der Waals surface area contributed by atoms with E-state index in [9.17, 15) is 0 Å². The molecular formula is C16H31NO2. The zero-order valence-electron chi connectivity index (χ0n) is 12.6. The van der Waals surface area contributed by atoms with Crippen LogP contribution in [0.4, 0.5) is 0 Å². The third kappa shape index (κ3) is 5.05. The Balaban J connectivity index is 1.84. The van der Waals surface area contributed by atoms with Crippen molar-refractivity contribution >= 4 is 0 Å². The fourth-order valence-corrected chi connectivity index (χ4v) is 3.31. The first-order chi connectivity index (χ1) is 9.35. The molecule has 3 heteroatoms. The molecule has 1 saturated carbocycles. The molecule has 0 amide bonds. The van der Waals surface area contributed by atoms with Crippen LogP contribution in [0, 0.1) is 5.92 Å². The van der Waals surface area contributed by atoms with Crippen LogP contribution in [-0.2, 0) is 9.47 Å². The summed E-state index contributed by atoms with van der Waals surface area (Å²) in [5.74, 6) is 0.718. The van der Waals surface area contributed by atoms with Gasteiger partial charge in [0.2, 0.25) is 0 Å². The Labute approximate surface area is 118 Å². The van der Waals surface area contributed by atoms with E-state index in [1.807, 2.05) is 0 Å². The Morgan fingerprint density at radius 2 is 1.79 bits per heavy atom. The molecule has 2 aliphatic rings. The van der Waals surface area contributed by atoms with Crippen molar-refractivity contribution in [3.05, 3.63) is 0 Å². The van der Waals surface area contributed by atoms with Gasteiger partial charge in [0.15, 0.2) is 0 Å². The van der Waals surface area contributed by atoms with Gasteiger partial charge in [0, 0.05) is 19.8 Å². The number of nitrogens with one attached hydrogen (secondary N) is 1. The van der Waals surface area contributed by atoms with Crippen molar-refractivity contribution < 1.29 is 9.47 Å². The molecule has 0 aromatic carbocycles. The Hall–Kier alpha value is -0.120. The maximum Gasteiger partial charge on any atom is 0.0806 e. The molecule has 0 atom stereocenters. The van der Waals surface area contributed by atoms with Gasteiger partial charge in [0.1, 0.15) is 0 Å². The minimum atomic E-state index is 0.116. The van der Waals surface area contributed by atoms with Gasteiger partial charge in [-0.25, -0.2) is 0 Å². The highest BCUT2D eigenvalue weighted by Gasteiger charge is 2.32. The quantitative estimate of drug-likeness (QED) is 0.752. The van der Waals surface area contributed by atoms with Crippen molar-refractivity contribution in [3.8, 4) is 0 Å². The smallest absolute Gasteiger partial charge is 0.0806 e. The second-order valence-electron chi connectivity index (χ2n) is 6.24. The molecule has 0 bridgehead atoms. The Morgan fingerprint density at radius 1 is 1.11 bits per heavy atom. The Kier molecular flexibility index (Phi) is 6.62. The van der Waals surface area contributed by atoms with Gasteiger partial charge in [-0.3, -0.25) is 0 Å². The number of hydrogen-bond donors (Lipinski definition) is 1. The summed E-state index contributed by atoms with van der Waals surface area (Å²) in [6.45, 7) is 7.05. The lowest BCUT2D eigenvalue weighted by Crippen LogP contribution is -2.44. The summed E-state index contributed by atoms with van der Waals surface area (Å²) in [5, 5.41) is 3.52. The molecule has 1 aliphatic heterocycles. The molecule has 2 rings (SSSR count). The lowest BCUT2D eigenvalue weighted by Gasteiger charge is -2.35. The zero-order chi connectivity index (χ0) is 13.4.